The molecule has 1 aromatic carbocycles. The van der Waals surface area contributed by atoms with Gasteiger partial charge in [-0.15, -0.1) is 0 Å². The summed E-state index contributed by atoms with van der Waals surface area (Å²) in [6.07, 6.45) is 16.7. The molecule has 152 valence electrons. The predicted octanol–water partition coefficient (Wildman–Crippen LogP) is 6.41. The molecule has 0 bridgehead atoms. The number of hydrogen-bond donors (Lipinski definition) is 0. The van der Waals surface area contributed by atoms with Gasteiger partial charge in [0.2, 0.25) is 0 Å². The summed E-state index contributed by atoms with van der Waals surface area (Å²) >= 11 is 0. The van der Waals surface area contributed by atoms with Crippen LogP contribution in [0.15, 0.2) is 71.4 Å². The fourth-order valence-corrected chi connectivity index (χ4v) is 4.30. The number of allylic oxidation sites excluding steroid dienone is 8. The maximum atomic E-state index is 12.4. The van der Waals surface area contributed by atoms with E-state index in [2.05, 4.69) is 50.3 Å². The normalized spacial score (nSPS) is 17.9. The van der Waals surface area contributed by atoms with Gasteiger partial charge in [-0.05, 0) is 50.2 Å². The molecule has 1 atom stereocenters. The van der Waals surface area contributed by atoms with Crippen molar-refractivity contribution in [2.45, 2.75) is 65.2 Å². The van der Waals surface area contributed by atoms with Crippen molar-refractivity contribution in [1.82, 2.24) is 0 Å². The van der Waals surface area contributed by atoms with Crippen molar-refractivity contribution in [3.8, 4) is 0 Å². The van der Waals surface area contributed by atoms with Crippen LogP contribution in [-0.2, 0) is 16.0 Å². The fourth-order valence-electron chi connectivity index (χ4n) is 4.30. The van der Waals surface area contributed by atoms with Crippen LogP contribution < -0.4 is 0 Å². The highest BCUT2D eigenvalue weighted by Gasteiger charge is 2.22. The van der Waals surface area contributed by atoms with Crippen LogP contribution in [0, 0.1) is 12.8 Å². The molecule has 2 nitrogen and oxygen atoms in total. The number of carbonyl (C=O) groups is 2. The Balaban J connectivity index is 1.41. The predicted molar refractivity (Wildman–Crippen MR) is 120 cm³/mol. The molecule has 0 aromatic heterocycles. The highest BCUT2D eigenvalue weighted by atomic mass is 16.1. The molecule has 0 N–H and O–H groups in total. The monoisotopic (exact) mass is 388 g/mol. The lowest BCUT2D eigenvalue weighted by Gasteiger charge is -2.18. The maximum absolute atomic E-state index is 12.4. The number of ketones is 2. The van der Waals surface area contributed by atoms with E-state index < -0.39 is 0 Å². The van der Waals surface area contributed by atoms with Gasteiger partial charge in [-0.3, -0.25) is 9.59 Å². The molecule has 0 saturated carbocycles. The Hall–Kier alpha value is -2.48. The van der Waals surface area contributed by atoms with Crippen molar-refractivity contribution in [2.24, 2.45) is 5.92 Å². The smallest absolute Gasteiger partial charge is 0.159 e. The molecule has 29 heavy (non-hydrogen) atoms. The Morgan fingerprint density at radius 3 is 2.34 bits per heavy atom. The highest BCUT2D eigenvalue weighted by Crippen LogP contribution is 2.35. The molecular weight excluding hydrogens is 356 g/mol. The van der Waals surface area contributed by atoms with Gasteiger partial charge in [0, 0.05) is 25.2 Å². The van der Waals surface area contributed by atoms with E-state index in [0.29, 0.717) is 31.0 Å². The summed E-state index contributed by atoms with van der Waals surface area (Å²) in [6, 6.07) is 8.23. The first-order valence-electron chi connectivity index (χ1n) is 10.9. The van der Waals surface area contributed by atoms with Crippen LogP contribution in [0.2, 0.25) is 0 Å². The Bertz CT molecular complexity index is 862. The molecule has 3 rings (SSSR count). The molecule has 2 heteroatoms. The van der Waals surface area contributed by atoms with Crippen molar-refractivity contribution in [3.63, 3.8) is 0 Å². The minimum Gasteiger partial charge on any atom is -0.299 e. The second-order valence-corrected chi connectivity index (χ2v) is 8.25. The lowest BCUT2D eigenvalue weighted by molar-refractivity contribution is -0.118. The first-order valence-corrected chi connectivity index (χ1v) is 10.9. The number of benzene rings is 1. The van der Waals surface area contributed by atoms with Gasteiger partial charge in [-0.1, -0.05) is 78.3 Å². The minimum atomic E-state index is 0.288. The quantitative estimate of drug-likeness (QED) is 0.439. The van der Waals surface area contributed by atoms with E-state index in [1.165, 1.54) is 16.7 Å². The summed E-state index contributed by atoms with van der Waals surface area (Å²) in [5.74, 6) is 1.04. The molecule has 2 aliphatic carbocycles. The largest absolute Gasteiger partial charge is 0.299 e. The molecule has 0 fully saturated rings. The van der Waals surface area contributed by atoms with Gasteiger partial charge < -0.3 is 0 Å². The molecule has 0 heterocycles. The third kappa shape index (κ3) is 6.00. The molecule has 0 spiro atoms. The zero-order valence-electron chi connectivity index (χ0n) is 17.7. The molecule has 0 amide bonds. The molecule has 2 aliphatic rings. The molecule has 0 aliphatic heterocycles. The molecule has 0 saturated heterocycles. The van der Waals surface area contributed by atoms with Crippen molar-refractivity contribution >= 4 is 11.6 Å². The number of carbonyl (C=O) groups excluding carboxylic acids is 2. The first kappa shape index (κ1) is 21.2. The van der Waals surface area contributed by atoms with Crippen LogP contribution in [0.25, 0.3) is 0 Å². The van der Waals surface area contributed by atoms with Crippen LogP contribution in [0.1, 0.15) is 63.0 Å². The van der Waals surface area contributed by atoms with E-state index in [1.54, 1.807) is 0 Å². The molecule has 0 radical (unpaired) electrons. The topological polar surface area (TPSA) is 34.1 Å². The summed E-state index contributed by atoms with van der Waals surface area (Å²) in [5.41, 5.74) is 6.08. The van der Waals surface area contributed by atoms with Crippen molar-refractivity contribution in [3.05, 3.63) is 82.5 Å². The van der Waals surface area contributed by atoms with Gasteiger partial charge in [0.1, 0.15) is 5.78 Å². The lowest BCUT2D eigenvalue weighted by Crippen LogP contribution is -2.08. The zero-order chi connectivity index (χ0) is 20.6. The first-order chi connectivity index (χ1) is 14.1. The third-order valence-corrected chi connectivity index (χ3v) is 6.03. The Morgan fingerprint density at radius 1 is 0.966 bits per heavy atom. The number of aryl methyl sites for hydroxylation is 1. The minimum absolute atomic E-state index is 0.288. The van der Waals surface area contributed by atoms with E-state index in [-0.39, 0.29) is 5.78 Å². The van der Waals surface area contributed by atoms with Crippen LogP contribution in [-0.4, -0.2) is 11.6 Å². The summed E-state index contributed by atoms with van der Waals surface area (Å²) in [7, 11) is 0. The molecule has 1 aromatic rings. The zero-order valence-corrected chi connectivity index (χ0v) is 17.7. The van der Waals surface area contributed by atoms with Gasteiger partial charge >= 0.3 is 0 Å². The molecular formula is C27H32O2. The summed E-state index contributed by atoms with van der Waals surface area (Å²) in [4.78, 5) is 24.6. The van der Waals surface area contributed by atoms with Gasteiger partial charge in [0.15, 0.2) is 5.78 Å². The maximum Gasteiger partial charge on any atom is 0.159 e. The van der Waals surface area contributed by atoms with Crippen LogP contribution in [0.5, 0.6) is 0 Å². The number of hydrogen-bond acceptors (Lipinski definition) is 2. The van der Waals surface area contributed by atoms with E-state index in [1.807, 2.05) is 18.2 Å². The molecule has 1 unspecified atom stereocenters. The van der Waals surface area contributed by atoms with Crippen molar-refractivity contribution in [1.29, 1.82) is 0 Å². The Morgan fingerprint density at radius 2 is 1.69 bits per heavy atom. The fraction of sp³-hybridized carbons (Fsp3) is 0.407. The average Bonchev–Trinajstić information content (AvgIpc) is 3.38. The second-order valence-electron chi connectivity index (χ2n) is 8.25. The van der Waals surface area contributed by atoms with E-state index in [0.717, 1.165) is 43.2 Å². The van der Waals surface area contributed by atoms with E-state index in [4.69, 9.17) is 0 Å². The average molecular weight is 389 g/mol. The number of rotatable bonds is 11. The summed E-state index contributed by atoms with van der Waals surface area (Å²) < 4.78 is 0. The highest BCUT2D eigenvalue weighted by molar-refractivity contribution is 5.96. The van der Waals surface area contributed by atoms with E-state index >= 15 is 0 Å². The van der Waals surface area contributed by atoms with Crippen molar-refractivity contribution in [2.75, 3.05) is 0 Å². The summed E-state index contributed by atoms with van der Waals surface area (Å²) in [5, 5.41) is 0. The number of Topliss-reactive ketones (excluding diaryl/α,β-unsaturated/α-hetero) is 2. The second kappa shape index (κ2) is 10.3. The van der Waals surface area contributed by atoms with Gasteiger partial charge in [-0.2, -0.15) is 0 Å². The van der Waals surface area contributed by atoms with Gasteiger partial charge in [-0.25, -0.2) is 0 Å². The SMILES string of the molecule is CCC1C(CCCC(=O)C2=CC=CC2)=CC=C1CCC(=O)Cc1ccc(C)cc1. The third-order valence-electron chi connectivity index (χ3n) is 6.03. The van der Waals surface area contributed by atoms with Crippen molar-refractivity contribution < 1.29 is 9.59 Å². The standard InChI is InChI=1S/C27H32O2/c1-3-26-22(9-6-10-27(29)24-7-4-5-8-24)15-16-23(26)17-18-25(28)19-21-13-11-20(2)12-14-21/h4-5,7,11-16,26H,3,6,8-10,17-19H2,1-2H3. The van der Waals surface area contributed by atoms with Crippen LogP contribution >= 0.6 is 0 Å². The Labute approximate surface area is 175 Å². The van der Waals surface area contributed by atoms with Crippen LogP contribution in [0.3, 0.4) is 0 Å². The van der Waals surface area contributed by atoms with Gasteiger partial charge in [0.25, 0.3) is 0 Å². The van der Waals surface area contributed by atoms with Crippen LogP contribution in [0.4, 0.5) is 0 Å². The van der Waals surface area contributed by atoms with E-state index in [9.17, 15) is 9.59 Å². The summed E-state index contributed by atoms with van der Waals surface area (Å²) in [6.45, 7) is 4.28. The lowest BCUT2D eigenvalue weighted by atomic mass is 9.87. The van der Waals surface area contributed by atoms with Gasteiger partial charge in [0.05, 0.1) is 0 Å². The Kier molecular flexibility index (Phi) is 7.57.